The maximum atomic E-state index is 11.3. The van der Waals surface area contributed by atoms with Gasteiger partial charge in [-0.05, 0) is 48.2 Å². The highest BCUT2D eigenvalue weighted by Crippen LogP contribution is 2.14. The lowest BCUT2D eigenvalue weighted by atomic mass is 10.0. The van der Waals surface area contributed by atoms with Crippen LogP contribution in [0.3, 0.4) is 0 Å². The minimum atomic E-state index is -0.299. The van der Waals surface area contributed by atoms with E-state index in [0.29, 0.717) is 5.56 Å². The number of ether oxygens (including phenoxy) is 2. The number of hydrogen-bond donors (Lipinski definition) is 0. The van der Waals surface area contributed by atoms with Gasteiger partial charge in [0.05, 0.1) is 19.8 Å². The summed E-state index contributed by atoms with van der Waals surface area (Å²) in [6, 6.07) is 15.6. The van der Waals surface area contributed by atoms with E-state index in [2.05, 4.69) is 16.9 Å². The summed E-state index contributed by atoms with van der Waals surface area (Å²) >= 11 is 0. The van der Waals surface area contributed by atoms with E-state index in [9.17, 15) is 4.79 Å². The van der Waals surface area contributed by atoms with Gasteiger partial charge >= 0.3 is 5.97 Å². The monoisotopic (exact) mass is 270 g/mol. The molecule has 0 aromatic heterocycles. The SMILES string of the molecule is COC(=O)c1ccc(CCc2ccc(OC)cc2)cc1. The number of benzene rings is 2. The smallest absolute Gasteiger partial charge is 0.337 e. The fraction of sp³-hybridized carbons (Fsp3) is 0.235. The van der Waals surface area contributed by atoms with Crippen LogP contribution in [0.5, 0.6) is 5.75 Å². The van der Waals surface area contributed by atoms with Crippen molar-refractivity contribution in [3.8, 4) is 5.75 Å². The van der Waals surface area contributed by atoms with Gasteiger partial charge < -0.3 is 9.47 Å². The first-order valence-electron chi connectivity index (χ1n) is 6.53. The van der Waals surface area contributed by atoms with Crippen molar-refractivity contribution in [2.45, 2.75) is 12.8 Å². The molecule has 20 heavy (non-hydrogen) atoms. The van der Waals surface area contributed by atoms with E-state index in [-0.39, 0.29) is 5.97 Å². The average molecular weight is 270 g/mol. The predicted molar refractivity (Wildman–Crippen MR) is 78.2 cm³/mol. The fourth-order valence-corrected chi connectivity index (χ4v) is 2.01. The molecule has 3 nitrogen and oxygen atoms in total. The van der Waals surface area contributed by atoms with Crippen molar-refractivity contribution in [2.24, 2.45) is 0 Å². The Balaban J connectivity index is 1.94. The Labute approximate surface area is 119 Å². The maximum absolute atomic E-state index is 11.3. The van der Waals surface area contributed by atoms with Gasteiger partial charge in [0.15, 0.2) is 0 Å². The first kappa shape index (κ1) is 14.1. The minimum Gasteiger partial charge on any atom is -0.497 e. The van der Waals surface area contributed by atoms with Crippen molar-refractivity contribution in [3.05, 3.63) is 65.2 Å². The quantitative estimate of drug-likeness (QED) is 0.782. The molecule has 0 amide bonds. The molecule has 0 N–H and O–H groups in total. The molecule has 0 radical (unpaired) electrons. The lowest BCUT2D eigenvalue weighted by Gasteiger charge is -2.05. The first-order valence-corrected chi connectivity index (χ1v) is 6.53. The number of esters is 1. The summed E-state index contributed by atoms with van der Waals surface area (Å²) in [6.07, 6.45) is 1.90. The molecule has 2 aromatic carbocycles. The second kappa shape index (κ2) is 6.75. The minimum absolute atomic E-state index is 0.299. The molecule has 0 saturated carbocycles. The third-order valence-corrected chi connectivity index (χ3v) is 3.24. The van der Waals surface area contributed by atoms with Crippen molar-refractivity contribution < 1.29 is 14.3 Å². The Hall–Kier alpha value is -2.29. The summed E-state index contributed by atoms with van der Waals surface area (Å²) in [6.45, 7) is 0. The van der Waals surface area contributed by atoms with Gasteiger partial charge in [-0.25, -0.2) is 4.79 Å². The van der Waals surface area contributed by atoms with Crippen molar-refractivity contribution in [3.63, 3.8) is 0 Å². The molecule has 0 aliphatic heterocycles. The number of rotatable bonds is 5. The van der Waals surface area contributed by atoms with Gasteiger partial charge in [0.1, 0.15) is 5.75 Å². The highest BCUT2D eigenvalue weighted by Gasteiger charge is 2.04. The van der Waals surface area contributed by atoms with Crippen molar-refractivity contribution in [1.82, 2.24) is 0 Å². The molecule has 104 valence electrons. The van der Waals surface area contributed by atoms with Crippen molar-refractivity contribution in [2.75, 3.05) is 14.2 Å². The Kier molecular flexibility index (Phi) is 4.77. The van der Waals surface area contributed by atoms with Crippen LogP contribution in [0, 0.1) is 0 Å². The molecule has 3 heteroatoms. The average Bonchev–Trinajstić information content (AvgIpc) is 2.53. The lowest BCUT2D eigenvalue weighted by molar-refractivity contribution is 0.0600. The number of aryl methyl sites for hydroxylation is 2. The first-order chi connectivity index (χ1) is 9.72. The van der Waals surface area contributed by atoms with Gasteiger partial charge in [-0.2, -0.15) is 0 Å². The molecule has 0 heterocycles. The van der Waals surface area contributed by atoms with Gasteiger partial charge in [0, 0.05) is 0 Å². The standard InChI is InChI=1S/C17H18O3/c1-19-16-11-7-14(8-12-16)4-3-13-5-9-15(10-6-13)17(18)20-2/h5-12H,3-4H2,1-2H3. The number of methoxy groups -OCH3 is 2. The van der Waals surface area contributed by atoms with Crippen molar-refractivity contribution in [1.29, 1.82) is 0 Å². The van der Waals surface area contributed by atoms with Crippen LogP contribution < -0.4 is 4.74 Å². The van der Waals surface area contributed by atoms with Gasteiger partial charge in [0.25, 0.3) is 0 Å². The van der Waals surface area contributed by atoms with E-state index in [1.54, 1.807) is 19.2 Å². The molecule has 0 aliphatic carbocycles. The molecule has 2 aromatic rings. The zero-order valence-corrected chi connectivity index (χ0v) is 11.8. The molecule has 0 fully saturated rings. The van der Waals surface area contributed by atoms with E-state index in [0.717, 1.165) is 18.6 Å². The lowest BCUT2D eigenvalue weighted by Crippen LogP contribution is -2.01. The van der Waals surface area contributed by atoms with E-state index < -0.39 is 0 Å². The summed E-state index contributed by atoms with van der Waals surface area (Å²) in [4.78, 5) is 11.3. The fourth-order valence-electron chi connectivity index (χ4n) is 2.01. The Morgan fingerprint density at radius 1 is 0.850 bits per heavy atom. The Morgan fingerprint density at radius 2 is 1.35 bits per heavy atom. The number of hydrogen-bond acceptors (Lipinski definition) is 3. The van der Waals surface area contributed by atoms with Gasteiger partial charge in [-0.1, -0.05) is 24.3 Å². The highest BCUT2D eigenvalue weighted by atomic mass is 16.5. The van der Waals surface area contributed by atoms with Crippen LogP contribution in [0.4, 0.5) is 0 Å². The molecule has 0 spiro atoms. The molecule has 2 rings (SSSR count). The van der Waals surface area contributed by atoms with E-state index >= 15 is 0 Å². The predicted octanol–water partition coefficient (Wildman–Crippen LogP) is 3.27. The van der Waals surface area contributed by atoms with Crippen molar-refractivity contribution >= 4 is 5.97 Å². The second-order valence-corrected chi connectivity index (χ2v) is 4.54. The number of carbonyl (C=O) groups excluding carboxylic acids is 1. The highest BCUT2D eigenvalue weighted by molar-refractivity contribution is 5.89. The van der Waals surface area contributed by atoms with Gasteiger partial charge in [-0.15, -0.1) is 0 Å². The van der Waals surface area contributed by atoms with Crippen LogP contribution in [-0.2, 0) is 17.6 Å². The number of carbonyl (C=O) groups is 1. The van der Waals surface area contributed by atoms with Crippen LogP contribution in [-0.4, -0.2) is 20.2 Å². The zero-order valence-electron chi connectivity index (χ0n) is 11.8. The van der Waals surface area contributed by atoms with Crippen LogP contribution in [0.1, 0.15) is 21.5 Å². The molecule has 0 saturated heterocycles. The largest absolute Gasteiger partial charge is 0.497 e. The second-order valence-electron chi connectivity index (χ2n) is 4.54. The molecular formula is C17H18O3. The van der Waals surface area contributed by atoms with Crippen LogP contribution in [0.25, 0.3) is 0 Å². The topological polar surface area (TPSA) is 35.5 Å². The third kappa shape index (κ3) is 3.60. The normalized spacial score (nSPS) is 10.1. The third-order valence-electron chi connectivity index (χ3n) is 3.24. The van der Waals surface area contributed by atoms with Crippen LogP contribution in [0.2, 0.25) is 0 Å². The van der Waals surface area contributed by atoms with E-state index in [1.165, 1.54) is 18.2 Å². The van der Waals surface area contributed by atoms with Crippen LogP contribution >= 0.6 is 0 Å². The maximum Gasteiger partial charge on any atom is 0.337 e. The van der Waals surface area contributed by atoms with E-state index in [4.69, 9.17) is 4.74 Å². The Morgan fingerprint density at radius 3 is 1.80 bits per heavy atom. The summed E-state index contributed by atoms with van der Waals surface area (Å²) in [5.74, 6) is 0.572. The Bertz CT molecular complexity index is 556. The van der Waals surface area contributed by atoms with E-state index in [1.807, 2.05) is 24.3 Å². The molecule has 0 bridgehead atoms. The van der Waals surface area contributed by atoms with Crippen LogP contribution in [0.15, 0.2) is 48.5 Å². The molecular weight excluding hydrogens is 252 g/mol. The molecule has 0 aliphatic rings. The van der Waals surface area contributed by atoms with Gasteiger partial charge in [-0.3, -0.25) is 0 Å². The summed E-state index contributed by atoms with van der Waals surface area (Å²) in [7, 11) is 3.05. The summed E-state index contributed by atoms with van der Waals surface area (Å²) in [5.41, 5.74) is 3.05. The molecule has 0 unspecified atom stereocenters. The summed E-state index contributed by atoms with van der Waals surface area (Å²) in [5, 5.41) is 0. The zero-order chi connectivity index (χ0) is 14.4. The van der Waals surface area contributed by atoms with Gasteiger partial charge in [0.2, 0.25) is 0 Å². The molecule has 0 atom stereocenters. The summed E-state index contributed by atoms with van der Waals surface area (Å²) < 4.78 is 9.81.